The molecule has 1 aromatic heterocycles. The molecule has 2 rings (SSSR count). The molecule has 0 bridgehead atoms. The third kappa shape index (κ3) is 2.60. The van der Waals surface area contributed by atoms with Gasteiger partial charge in [-0.1, -0.05) is 6.42 Å². The second kappa shape index (κ2) is 4.64. The van der Waals surface area contributed by atoms with E-state index >= 15 is 0 Å². The van der Waals surface area contributed by atoms with E-state index in [9.17, 15) is 4.79 Å². The Morgan fingerprint density at radius 2 is 2.12 bits per heavy atom. The lowest BCUT2D eigenvalue weighted by molar-refractivity contribution is -0.0269. The fourth-order valence-electron chi connectivity index (χ4n) is 2.17. The van der Waals surface area contributed by atoms with Crippen LogP contribution in [0.25, 0.3) is 0 Å². The normalized spacial score (nSPS) is 19.1. The van der Waals surface area contributed by atoms with Crippen LogP contribution in [-0.4, -0.2) is 16.6 Å². The van der Waals surface area contributed by atoms with Gasteiger partial charge in [-0.2, -0.15) is 0 Å². The summed E-state index contributed by atoms with van der Waals surface area (Å²) in [7, 11) is 0. The van der Waals surface area contributed by atoms with Crippen molar-refractivity contribution in [1.29, 1.82) is 0 Å². The average Bonchev–Trinajstić information content (AvgIpc) is 2.30. The summed E-state index contributed by atoms with van der Waals surface area (Å²) in [4.78, 5) is 15.8. The molecule has 0 amide bonds. The molecule has 0 spiro atoms. The van der Waals surface area contributed by atoms with Crippen LogP contribution in [0.2, 0.25) is 0 Å². The van der Waals surface area contributed by atoms with E-state index in [0.29, 0.717) is 5.56 Å². The first-order valence-electron chi connectivity index (χ1n) is 5.83. The van der Waals surface area contributed by atoms with Gasteiger partial charge in [0.2, 0.25) is 0 Å². The molecule has 1 aliphatic rings. The van der Waals surface area contributed by atoms with Crippen LogP contribution < -0.4 is 0 Å². The highest BCUT2D eigenvalue weighted by molar-refractivity contribution is 5.89. The number of ether oxygens (including phenoxy) is 1. The summed E-state index contributed by atoms with van der Waals surface area (Å²) in [6.45, 7) is 2.03. The summed E-state index contributed by atoms with van der Waals surface area (Å²) in [5.41, 5.74) is 0.264. The Balaban J connectivity index is 2.01. The van der Waals surface area contributed by atoms with Crippen LogP contribution in [0.5, 0.6) is 0 Å². The highest BCUT2D eigenvalue weighted by Crippen LogP contribution is 2.31. The number of carbonyl (C=O) groups is 1. The first-order valence-corrected chi connectivity index (χ1v) is 5.83. The van der Waals surface area contributed by atoms with Crippen LogP contribution in [0.15, 0.2) is 24.5 Å². The van der Waals surface area contributed by atoms with Gasteiger partial charge in [-0.3, -0.25) is 4.98 Å². The molecule has 0 radical (unpaired) electrons. The fourth-order valence-corrected chi connectivity index (χ4v) is 2.17. The highest BCUT2D eigenvalue weighted by Gasteiger charge is 2.31. The maximum Gasteiger partial charge on any atom is 0.340 e. The Labute approximate surface area is 95.8 Å². The van der Waals surface area contributed by atoms with E-state index in [0.717, 1.165) is 25.7 Å². The predicted molar refractivity (Wildman–Crippen MR) is 61.1 cm³/mol. The monoisotopic (exact) mass is 219 g/mol. The SMILES string of the molecule is CC1(OC(=O)c2cccnc2)CCCCC1. The molecule has 1 aromatic rings. The zero-order valence-electron chi connectivity index (χ0n) is 9.61. The lowest BCUT2D eigenvalue weighted by Gasteiger charge is -2.33. The van der Waals surface area contributed by atoms with E-state index in [1.165, 1.54) is 6.42 Å². The summed E-state index contributed by atoms with van der Waals surface area (Å²) >= 11 is 0. The Kier molecular flexibility index (Phi) is 3.22. The Morgan fingerprint density at radius 3 is 2.75 bits per heavy atom. The first kappa shape index (κ1) is 11.1. The van der Waals surface area contributed by atoms with Gasteiger partial charge < -0.3 is 4.74 Å². The van der Waals surface area contributed by atoms with Crippen molar-refractivity contribution in [3.63, 3.8) is 0 Å². The van der Waals surface area contributed by atoms with Gasteiger partial charge in [0.05, 0.1) is 5.56 Å². The zero-order chi connectivity index (χ0) is 11.4. The lowest BCUT2D eigenvalue weighted by atomic mass is 9.86. The summed E-state index contributed by atoms with van der Waals surface area (Å²) in [6, 6.07) is 3.49. The molecule has 1 fully saturated rings. The molecule has 16 heavy (non-hydrogen) atoms. The van der Waals surface area contributed by atoms with Gasteiger partial charge in [-0.15, -0.1) is 0 Å². The van der Waals surface area contributed by atoms with Crippen LogP contribution in [-0.2, 0) is 4.74 Å². The second-order valence-electron chi connectivity index (χ2n) is 4.64. The van der Waals surface area contributed by atoms with Gasteiger partial charge in [-0.05, 0) is 44.7 Å². The van der Waals surface area contributed by atoms with Crippen LogP contribution in [0.4, 0.5) is 0 Å². The maximum absolute atomic E-state index is 11.9. The van der Waals surface area contributed by atoms with Crippen molar-refractivity contribution >= 4 is 5.97 Å². The van der Waals surface area contributed by atoms with E-state index in [4.69, 9.17) is 4.74 Å². The minimum absolute atomic E-state index is 0.252. The average molecular weight is 219 g/mol. The van der Waals surface area contributed by atoms with Crippen LogP contribution in [0.1, 0.15) is 49.4 Å². The van der Waals surface area contributed by atoms with Crippen molar-refractivity contribution in [2.75, 3.05) is 0 Å². The van der Waals surface area contributed by atoms with Gasteiger partial charge in [0, 0.05) is 12.4 Å². The van der Waals surface area contributed by atoms with Crippen molar-refractivity contribution in [3.05, 3.63) is 30.1 Å². The molecule has 0 aromatic carbocycles. The molecule has 0 atom stereocenters. The molecule has 0 aliphatic heterocycles. The number of pyridine rings is 1. The summed E-state index contributed by atoms with van der Waals surface area (Å²) in [6.07, 6.45) is 8.69. The summed E-state index contributed by atoms with van der Waals surface area (Å²) in [5, 5.41) is 0. The lowest BCUT2D eigenvalue weighted by Crippen LogP contribution is -2.33. The van der Waals surface area contributed by atoms with Crippen LogP contribution >= 0.6 is 0 Å². The molecular weight excluding hydrogens is 202 g/mol. The van der Waals surface area contributed by atoms with E-state index in [1.807, 2.05) is 6.92 Å². The van der Waals surface area contributed by atoms with Gasteiger partial charge in [0.15, 0.2) is 0 Å². The smallest absolute Gasteiger partial charge is 0.340 e. The molecule has 0 N–H and O–H groups in total. The largest absolute Gasteiger partial charge is 0.456 e. The maximum atomic E-state index is 11.9. The standard InChI is InChI=1S/C13H17NO2/c1-13(7-3-2-4-8-13)16-12(15)11-6-5-9-14-10-11/h5-6,9-10H,2-4,7-8H2,1H3. The number of esters is 1. The molecule has 86 valence electrons. The number of hydrogen-bond acceptors (Lipinski definition) is 3. The Bertz CT molecular complexity index is 355. The third-order valence-electron chi connectivity index (χ3n) is 3.15. The molecule has 0 unspecified atom stereocenters. The molecule has 0 saturated heterocycles. The number of carbonyl (C=O) groups excluding carboxylic acids is 1. The number of hydrogen-bond donors (Lipinski definition) is 0. The van der Waals surface area contributed by atoms with Crippen molar-refractivity contribution in [2.24, 2.45) is 0 Å². The van der Waals surface area contributed by atoms with Gasteiger partial charge in [-0.25, -0.2) is 4.79 Å². The van der Waals surface area contributed by atoms with Gasteiger partial charge in [0.1, 0.15) is 5.60 Å². The second-order valence-corrected chi connectivity index (χ2v) is 4.64. The molecule has 3 nitrogen and oxygen atoms in total. The summed E-state index contributed by atoms with van der Waals surface area (Å²) < 4.78 is 5.59. The molecule has 1 saturated carbocycles. The van der Waals surface area contributed by atoms with Crippen molar-refractivity contribution < 1.29 is 9.53 Å². The zero-order valence-corrected chi connectivity index (χ0v) is 9.61. The minimum Gasteiger partial charge on any atom is -0.456 e. The van der Waals surface area contributed by atoms with E-state index in [1.54, 1.807) is 24.5 Å². The Morgan fingerprint density at radius 1 is 1.38 bits per heavy atom. The van der Waals surface area contributed by atoms with E-state index in [2.05, 4.69) is 4.98 Å². The van der Waals surface area contributed by atoms with E-state index in [-0.39, 0.29) is 11.6 Å². The van der Waals surface area contributed by atoms with Crippen molar-refractivity contribution in [2.45, 2.75) is 44.6 Å². The quantitative estimate of drug-likeness (QED) is 0.718. The van der Waals surface area contributed by atoms with Crippen LogP contribution in [0.3, 0.4) is 0 Å². The van der Waals surface area contributed by atoms with Crippen molar-refractivity contribution in [3.8, 4) is 0 Å². The van der Waals surface area contributed by atoms with Crippen molar-refractivity contribution in [1.82, 2.24) is 4.98 Å². The number of nitrogens with zero attached hydrogens (tertiary/aromatic N) is 1. The van der Waals surface area contributed by atoms with Gasteiger partial charge >= 0.3 is 5.97 Å². The van der Waals surface area contributed by atoms with Gasteiger partial charge in [0.25, 0.3) is 0 Å². The predicted octanol–water partition coefficient (Wildman–Crippen LogP) is 2.96. The number of rotatable bonds is 2. The molecule has 1 heterocycles. The molecule has 1 aliphatic carbocycles. The third-order valence-corrected chi connectivity index (χ3v) is 3.15. The highest BCUT2D eigenvalue weighted by atomic mass is 16.6. The molecular formula is C13H17NO2. The number of aromatic nitrogens is 1. The minimum atomic E-state index is -0.273. The fraction of sp³-hybridized carbons (Fsp3) is 0.538. The van der Waals surface area contributed by atoms with Crippen LogP contribution in [0, 0.1) is 0 Å². The first-order chi connectivity index (χ1) is 7.70. The van der Waals surface area contributed by atoms with E-state index < -0.39 is 0 Å². The summed E-state index contributed by atoms with van der Waals surface area (Å²) in [5.74, 6) is -0.252. The Hall–Kier alpha value is -1.38. The molecule has 3 heteroatoms. The topological polar surface area (TPSA) is 39.2 Å².